The molecule has 0 saturated carbocycles. The third-order valence-electron chi connectivity index (χ3n) is 2.74. The second-order valence-corrected chi connectivity index (χ2v) is 5.56. The van der Waals surface area contributed by atoms with Crippen LogP contribution in [-0.4, -0.2) is 25.3 Å². The van der Waals surface area contributed by atoms with Gasteiger partial charge in [-0.25, -0.2) is 0 Å². The lowest BCUT2D eigenvalue weighted by molar-refractivity contribution is -0.120. The molecule has 0 atom stereocenters. The molecule has 1 aromatic carbocycles. The molecular weight excluding hydrogens is 321 g/mol. The Morgan fingerprint density at radius 3 is 2.42 bits per heavy atom. The molecule has 2 N–H and O–H groups in total. The van der Waals surface area contributed by atoms with Crippen LogP contribution in [0.4, 0.5) is 18.9 Å². The Morgan fingerprint density at radius 1 is 1.32 bits per heavy atom. The van der Waals surface area contributed by atoms with Gasteiger partial charge in [-0.2, -0.15) is 13.2 Å². The number of hydrogen-bond acceptors (Lipinski definition) is 2. The van der Waals surface area contributed by atoms with Gasteiger partial charge in [-0.05, 0) is 44.5 Å². The molecule has 0 aliphatic carbocycles. The lowest BCUT2D eigenvalue weighted by atomic mass is 10.1. The van der Waals surface area contributed by atoms with Gasteiger partial charge in [-0.3, -0.25) is 0 Å². The van der Waals surface area contributed by atoms with Crippen LogP contribution in [0.3, 0.4) is 0 Å². The highest BCUT2D eigenvalue weighted by Gasteiger charge is 2.32. The first kappa shape index (κ1) is 16.3. The van der Waals surface area contributed by atoms with Crippen molar-refractivity contribution < 1.29 is 13.2 Å². The summed E-state index contributed by atoms with van der Waals surface area (Å²) in [4.78, 5) is 1.36. The van der Waals surface area contributed by atoms with Gasteiger partial charge in [0.05, 0.1) is 0 Å². The molecule has 6 heteroatoms. The van der Waals surface area contributed by atoms with Gasteiger partial charge >= 0.3 is 6.18 Å². The summed E-state index contributed by atoms with van der Waals surface area (Å²) < 4.78 is 38.8. The quantitative estimate of drug-likeness (QED) is 0.886. The fourth-order valence-electron chi connectivity index (χ4n) is 1.91. The van der Waals surface area contributed by atoms with Gasteiger partial charge < -0.3 is 10.6 Å². The van der Waals surface area contributed by atoms with Crippen LogP contribution in [0.15, 0.2) is 22.7 Å². The van der Waals surface area contributed by atoms with Crippen LogP contribution >= 0.6 is 15.9 Å². The fraction of sp³-hybridized carbons (Fsp3) is 0.538. The van der Waals surface area contributed by atoms with Crippen molar-refractivity contribution >= 4 is 21.6 Å². The van der Waals surface area contributed by atoms with E-state index in [0.717, 1.165) is 10.0 Å². The van der Waals surface area contributed by atoms with Gasteiger partial charge in [0.25, 0.3) is 0 Å². The lowest BCUT2D eigenvalue weighted by Gasteiger charge is -2.32. The van der Waals surface area contributed by atoms with Crippen molar-refractivity contribution in [3.05, 3.63) is 28.2 Å². The van der Waals surface area contributed by atoms with Gasteiger partial charge in [-0.15, -0.1) is 0 Å². The third-order valence-corrected chi connectivity index (χ3v) is 3.24. The maximum atomic E-state index is 12.7. The SMILES string of the molecule is CC(C)N(CC(F)(F)F)c1cc(Br)ccc1CCN. The molecule has 1 rings (SSSR count). The van der Waals surface area contributed by atoms with Crippen molar-refractivity contribution in [3.8, 4) is 0 Å². The van der Waals surface area contributed by atoms with Crippen LogP contribution in [0.1, 0.15) is 19.4 Å². The molecule has 0 fully saturated rings. The lowest BCUT2D eigenvalue weighted by Crippen LogP contribution is -2.39. The summed E-state index contributed by atoms with van der Waals surface area (Å²) in [5, 5.41) is 0. The average Bonchev–Trinajstić information content (AvgIpc) is 2.27. The smallest absolute Gasteiger partial charge is 0.360 e. The van der Waals surface area contributed by atoms with E-state index in [1.165, 1.54) is 4.90 Å². The molecule has 0 aliphatic rings. The Kier molecular flexibility index (Phi) is 5.67. The predicted molar refractivity (Wildman–Crippen MR) is 75.4 cm³/mol. The fourth-order valence-corrected chi connectivity index (χ4v) is 2.26. The van der Waals surface area contributed by atoms with Crippen molar-refractivity contribution in [1.29, 1.82) is 0 Å². The normalized spacial score (nSPS) is 12.0. The number of rotatable bonds is 5. The van der Waals surface area contributed by atoms with Crippen LogP contribution in [0, 0.1) is 0 Å². The van der Waals surface area contributed by atoms with E-state index >= 15 is 0 Å². The molecule has 0 aliphatic heterocycles. The molecule has 0 spiro atoms. The third kappa shape index (κ3) is 5.03. The van der Waals surface area contributed by atoms with Gasteiger partial charge in [0, 0.05) is 16.2 Å². The van der Waals surface area contributed by atoms with E-state index < -0.39 is 12.7 Å². The Morgan fingerprint density at radius 2 is 1.95 bits per heavy atom. The number of benzene rings is 1. The minimum absolute atomic E-state index is 0.243. The molecule has 0 heterocycles. The molecular formula is C13H18BrF3N2. The zero-order valence-electron chi connectivity index (χ0n) is 11.0. The Labute approximate surface area is 119 Å². The van der Waals surface area contributed by atoms with Crippen molar-refractivity contribution in [3.63, 3.8) is 0 Å². The summed E-state index contributed by atoms with van der Waals surface area (Å²) in [7, 11) is 0. The minimum Gasteiger partial charge on any atom is -0.360 e. The topological polar surface area (TPSA) is 29.3 Å². The van der Waals surface area contributed by atoms with Crippen LogP contribution < -0.4 is 10.6 Å². The first-order chi connectivity index (χ1) is 8.74. The molecule has 0 bridgehead atoms. The highest BCUT2D eigenvalue weighted by molar-refractivity contribution is 9.10. The first-order valence-corrected chi connectivity index (χ1v) is 6.86. The number of alkyl halides is 3. The maximum Gasteiger partial charge on any atom is 0.405 e. The van der Waals surface area contributed by atoms with E-state index in [0.29, 0.717) is 18.7 Å². The molecule has 0 aromatic heterocycles. The Hall–Kier alpha value is -0.750. The van der Waals surface area contributed by atoms with E-state index in [1.54, 1.807) is 19.9 Å². The Balaban J connectivity index is 3.17. The number of nitrogens with two attached hydrogens (primary N) is 1. The zero-order chi connectivity index (χ0) is 14.6. The van der Waals surface area contributed by atoms with Crippen LogP contribution in [0.2, 0.25) is 0 Å². The van der Waals surface area contributed by atoms with Gasteiger partial charge in [0.1, 0.15) is 6.54 Å². The molecule has 0 amide bonds. The average molecular weight is 339 g/mol. The molecule has 0 saturated heterocycles. The maximum absolute atomic E-state index is 12.7. The van der Waals surface area contributed by atoms with E-state index in [1.807, 2.05) is 12.1 Å². The van der Waals surface area contributed by atoms with Gasteiger partial charge in [0.15, 0.2) is 0 Å². The summed E-state index contributed by atoms with van der Waals surface area (Å²) in [6.07, 6.45) is -3.67. The summed E-state index contributed by atoms with van der Waals surface area (Å²) in [6.45, 7) is 2.95. The molecule has 19 heavy (non-hydrogen) atoms. The molecule has 0 unspecified atom stereocenters. The van der Waals surface area contributed by atoms with Gasteiger partial charge in [-0.1, -0.05) is 22.0 Å². The summed E-state index contributed by atoms with van der Waals surface area (Å²) in [5.41, 5.74) is 6.95. The molecule has 1 aromatic rings. The molecule has 108 valence electrons. The molecule has 0 radical (unpaired) electrons. The van der Waals surface area contributed by atoms with Crippen LogP contribution in [-0.2, 0) is 6.42 Å². The second kappa shape index (κ2) is 6.61. The minimum atomic E-state index is -4.23. The van der Waals surface area contributed by atoms with E-state index in [9.17, 15) is 13.2 Å². The molecule has 2 nitrogen and oxygen atoms in total. The predicted octanol–water partition coefficient (Wildman–Crippen LogP) is 3.73. The highest BCUT2D eigenvalue weighted by atomic mass is 79.9. The largest absolute Gasteiger partial charge is 0.405 e. The number of hydrogen-bond donors (Lipinski definition) is 1. The van der Waals surface area contributed by atoms with Crippen molar-refractivity contribution in [2.45, 2.75) is 32.5 Å². The Bertz CT molecular complexity index is 419. The van der Waals surface area contributed by atoms with Crippen LogP contribution in [0.25, 0.3) is 0 Å². The van der Waals surface area contributed by atoms with Crippen molar-refractivity contribution in [2.75, 3.05) is 18.0 Å². The summed E-state index contributed by atoms with van der Waals surface area (Å²) >= 11 is 3.31. The summed E-state index contributed by atoms with van der Waals surface area (Å²) in [6, 6.07) is 5.11. The standard InChI is InChI=1S/C13H18BrF3N2/c1-9(2)19(8-13(15,16)17)12-7-11(14)4-3-10(12)5-6-18/h3-4,7,9H,5-6,8,18H2,1-2H3. The summed E-state index contributed by atoms with van der Waals surface area (Å²) in [5.74, 6) is 0. The number of anilines is 1. The van der Waals surface area contributed by atoms with Crippen molar-refractivity contribution in [2.24, 2.45) is 5.73 Å². The first-order valence-electron chi connectivity index (χ1n) is 6.06. The zero-order valence-corrected chi connectivity index (χ0v) is 12.6. The monoisotopic (exact) mass is 338 g/mol. The van der Waals surface area contributed by atoms with Crippen molar-refractivity contribution in [1.82, 2.24) is 0 Å². The van der Waals surface area contributed by atoms with E-state index in [-0.39, 0.29) is 6.04 Å². The second-order valence-electron chi connectivity index (χ2n) is 4.65. The number of nitrogens with zero attached hydrogens (tertiary/aromatic N) is 1. The van der Waals surface area contributed by atoms with E-state index in [2.05, 4.69) is 15.9 Å². The van der Waals surface area contributed by atoms with E-state index in [4.69, 9.17) is 5.73 Å². The van der Waals surface area contributed by atoms with Gasteiger partial charge in [0.2, 0.25) is 0 Å². The van der Waals surface area contributed by atoms with Crippen LogP contribution in [0.5, 0.6) is 0 Å². The highest BCUT2D eigenvalue weighted by Crippen LogP contribution is 2.30. The number of halogens is 4.